The smallest absolute Gasteiger partial charge is 0.274 e. The van der Waals surface area contributed by atoms with Gasteiger partial charge < -0.3 is 19.0 Å². The van der Waals surface area contributed by atoms with E-state index in [2.05, 4.69) is 83.8 Å². The van der Waals surface area contributed by atoms with E-state index in [1.807, 2.05) is 52.8 Å². The van der Waals surface area contributed by atoms with Crippen LogP contribution in [-0.2, 0) is 24.2 Å². The lowest BCUT2D eigenvalue weighted by atomic mass is 9.98. The van der Waals surface area contributed by atoms with Crippen LogP contribution in [0, 0.1) is 0 Å². The molecule has 1 heterocycles. The topological polar surface area (TPSA) is 60.9 Å². The summed E-state index contributed by atoms with van der Waals surface area (Å²) < 4.78 is 19.3. The molecule has 0 saturated heterocycles. The van der Waals surface area contributed by atoms with E-state index in [-0.39, 0.29) is 17.6 Å². The highest BCUT2D eigenvalue weighted by Gasteiger charge is 2.24. The third-order valence-corrected chi connectivity index (χ3v) is 9.14. The summed E-state index contributed by atoms with van der Waals surface area (Å²) in [6.07, 6.45) is 5.13. The Hall–Kier alpha value is -4.20. The second-order valence-electron chi connectivity index (χ2n) is 13.8. The minimum Gasteiger partial charge on any atom is -0.494 e. The van der Waals surface area contributed by atoms with E-state index in [4.69, 9.17) is 19.2 Å². The molecule has 0 spiro atoms. The van der Waals surface area contributed by atoms with Crippen LogP contribution >= 0.6 is 11.3 Å². The fourth-order valence-corrected chi connectivity index (χ4v) is 6.95. The summed E-state index contributed by atoms with van der Waals surface area (Å²) in [5, 5.41) is 0.585. The van der Waals surface area contributed by atoms with Gasteiger partial charge in [-0.25, -0.2) is 0 Å². The van der Waals surface area contributed by atoms with Gasteiger partial charge >= 0.3 is 0 Å². The summed E-state index contributed by atoms with van der Waals surface area (Å²) in [6.45, 7) is 12.9. The summed E-state index contributed by atoms with van der Waals surface area (Å²) in [5.74, 6) is 1.25. The van der Waals surface area contributed by atoms with Crippen LogP contribution in [0.2, 0.25) is 0 Å². The number of carbonyl (C=O) groups is 1. The standard InChI is InChI=1S/C42H50N2O4S/c1-31(2)47-41-43-39-38(48-42(3,4)5)24-23-37(40(39)49-41)35(30-45)29-44(28-34-17-10-7-11-18-34)26-25-33-19-21-36(22-20-33)46-27-13-12-16-32-14-8-6-9-15-32/h6-11,14-15,17-24,30-31,35H,12-13,16,25-29H2,1-5H3. The van der Waals surface area contributed by atoms with Crippen LogP contribution in [0.15, 0.2) is 97.1 Å². The first-order valence-corrected chi connectivity index (χ1v) is 18.2. The molecule has 0 aliphatic carbocycles. The van der Waals surface area contributed by atoms with Crippen molar-refractivity contribution in [2.75, 3.05) is 19.7 Å². The maximum atomic E-state index is 12.8. The van der Waals surface area contributed by atoms with Crippen molar-refractivity contribution in [1.29, 1.82) is 0 Å². The van der Waals surface area contributed by atoms with E-state index in [0.717, 1.165) is 66.6 Å². The molecule has 1 aromatic heterocycles. The summed E-state index contributed by atoms with van der Waals surface area (Å²) in [5.41, 5.74) is 5.13. The highest BCUT2D eigenvalue weighted by atomic mass is 32.1. The zero-order valence-corrected chi connectivity index (χ0v) is 30.4. The van der Waals surface area contributed by atoms with Crippen LogP contribution in [0.5, 0.6) is 16.7 Å². The minimum atomic E-state index is -0.388. The molecule has 0 aliphatic rings. The molecule has 5 aromatic rings. The van der Waals surface area contributed by atoms with Crippen LogP contribution in [0.25, 0.3) is 10.2 Å². The fourth-order valence-electron chi connectivity index (χ4n) is 5.81. The van der Waals surface area contributed by atoms with Crippen molar-refractivity contribution in [1.82, 2.24) is 9.88 Å². The SMILES string of the molecule is CC(C)Oc1nc2c(OC(C)(C)C)ccc(C(C=O)CN(CCc3ccc(OCCCCc4ccccc4)cc3)Cc3ccccc3)c2s1. The molecule has 5 rings (SSSR count). The molecule has 7 heteroatoms. The van der Waals surface area contributed by atoms with E-state index in [9.17, 15) is 4.79 Å². The van der Waals surface area contributed by atoms with Gasteiger partial charge in [0.05, 0.1) is 23.3 Å². The molecule has 4 aromatic carbocycles. The largest absolute Gasteiger partial charge is 0.494 e. The van der Waals surface area contributed by atoms with Crippen LogP contribution in [0.4, 0.5) is 0 Å². The van der Waals surface area contributed by atoms with Gasteiger partial charge in [0.2, 0.25) is 0 Å². The number of aromatic nitrogens is 1. The summed E-state index contributed by atoms with van der Waals surface area (Å²) >= 11 is 1.48. The number of aryl methyl sites for hydroxylation is 1. The molecule has 0 bridgehead atoms. The number of carbonyl (C=O) groups excluding carboxylic acids is 1. The molecule has 49 heavy (non-hydrogen) atoms. The van der Waals surface area contributed by atoms with Gasteiger partial charge in [-0.3, -0.25) is 4.90 Å². The lowest BCUT2D eigenvalue weighted by Gasteiger charge is -2.26. The second-order valence-corrected chi connectivity index (χ2v) is 14.8. The molecule has 6 nitrogen and oxygen atoms in total. The third-order valence-electron chi connectivity index (χ3n) is 8.15. The van der Waals surface area contributed by atoms with Crippen molar-refractivity contribution in [3.63, 3.8) is 0 Å². The fraction of sp³-hybridized carbons (Fsp3) is 0.381. The zero-order valence-electron chi connectivity index (χ0n) is 29.6. The Morgan fingerprint density at radius 1 is 0.816 bits per heavy atom. The number of thiazole rings is 1. The molecule has 0 fully saturated rings. The van der Waals surface area contributed by atoms with Crippen molar-refractivity contribution < 1.29 is 19.0 Å². The molecule has 0 aliphatic heterocycles. The number of ether oxygens (including phenoxy) is 3. The number of aldehydes is 1. The second kappa shape index (κ2) is 17.5. The Morgan fingerprint density at radius 2 is 1.49 bits per heavy atom. The highest BCUT2D eigenvalue weighted by molar-refractivity contribution is 7.20. The Labute approximate surface area is 296 Å². The van der Waals surface area contributed by atoms with E-state index in [1.54, 1.807) is 0 Å². The molecule has 1 unspecified atom stereocenters. The average Bonchev–Trinajstić information content (AvgIpc) is 3.50. The number of hydrogen-bond acceptors (Lipinski definition) is 7. The third kappa shape index (κ3) is 11.2. The van der Waals surface area contributed by atoms with Crippen molar-refractivity contribution >= 4 is 27.8 Å². The normalized spacial score (nSPS) is 12.4. The van der Waals surface area contributed by atoms with Crippen molar-refractivity contribution in [2.24, 2.45) is 0 Å². The van der Waals surface area contributed by atoms with Crippen LogP contribution < -0.4 is 14.2 Å². The number of nitrogens with zero attached hydrogens (tertiary/aromatic N) is 2. The first-order chi connectivity index (χ1) is 23.7. The van der Waals surface area contributed by atoms with Gasteiger partial charge in [-0.1, -0.05) is 90.2 Å². The van der Waals surface area contributed by atoms with E-state index in [0.29, 0.717) is 24.1 Å². The van der Waals surface area contributed by atoms with Crippen LogP contribution in [0.1, 0.15) is 75.6 Å². The molecule has 258 valence electrons. The first kappa shape index (κ1) is 36.1. The van der Waals surface area contributed by atoms with Crippen LogP contribution in [0.3, 0.4) is 0 Å². The van der Waals surface area contributed by atoms with E-state index < -0.39 is 0 Å². The van der Waals surface area contributed by atoms with Gasteiger partial charge in [0.15, 0.2) is 0 Å². The minimum absolute atomic E-state index is 0.00946. The van der Waals surface area contributed by atoms with Crippen molar-refractivity contribution in [3.05, 3.63) is 119 Å². The molecular weight excluding hydrogens is 629 g/mol. The highest BCUT2D eigenvalue weighted by Crippen LogP contribution is 2.40. The van der Waals surface area contributed by atoms with Gasteiger partial charge in [-0.15, -0.1) is 0 Å². The summed E-state index contributed by atoms with van der Waals surface area (Å²) in [6, 6.07) is 33.5. The maximum absolute atomic E-state index is 12.8. The van der Waals surface area contributed by atoms with Gasteiger partial charge in [0.25, 0.3) is 5.19 Å². The first-order valence-electron chi connectivity index (χ1n) is 17.4. The Morgan fingerprint density at radius 3 is 2.14 bits per heavy atom. The lowest BCUT2D eigenvalue weighted by Crippen LogP contribution is -2.31. The maximum Gasteiger partial charge on any atom is 0.274 e. The van der Waals surface area contributed by atoms with E-state index in [1.165, 1.54) is 28.0 Å². The molecule has 0 amide bonds. The predicted molar refractivity (Wildman–Crippen MR) is 201 cm³/mol. The molecule has 0 saturated carbocycles. The van der Waals surface area contributed by atoms with Gasteiger partial charge in [0, 0.05) is 19.6 Å². The van der Waals surface area contributed by atoms with Gasteiger partial charge in [-0.05, 0) is 101 Å². The van der Waals surface area contributed by atoms with Crippen molar-refractivity contribution in [2.45, 2.75) is 84.5 Å². The summed E-state index contributed by atoms with van der Waals surface area (Å²) in [7, 11) is 0. The number of fused-ring (bicyclic) bond motifs is 1. The lowest BCUT2D eigenvalue weighted by molar-refractivity contribution is -0.109. The predicted octanol–water partition coefficient (Wildman–Crippen LogP) is 9.69. The quantitative estimate of drug-likeness (QED) is 0.0680. The number of hydrogen-bond donors (Lipinski definition) is 0. The Bertz CT molecular complexity index is 1730. The zero-order chi connectivity index (χ0) is 34.6. The van der Waals surface area contributed by atoms with E-state index >= 15 is 0 Å². The summed E-state index contributed by atoms with van der Waals surface area (Å²) in [4.78, 5) is 20.0. The van der Waals surface area contributed by atoms with Gasteiger partial charge in [-0.2, -0.15) is 4.98 Å². The number of benzene rings is 4. The molecule has 1 atom stereocenters. The molecular formula is C42H50N2O4S. The molecule has 0 radical (unpaired) electrons. The molecule has 0 N–H and O–H groups in total. The number of rotatable bonds is 18. The average molecular weight is 679 g/mol. The Balaban J connectivity index is 1.26. The Kier molecular flexibility index (Phi) is 12.9. The van der Waals surface area contributed by atoms with Gasteiger partial charge in [0.1, 0.15) is 28.9 Å². The number of unbranched alkanes of at least 4 members (excludes halogenated alkanes) is 1. The van der Waals surface area contributed by atoms with Crippen LogP contribution in [-0.4, -0.2) is 47.6 Å². The van der Waals surface area contributed by atoms with Crippen molar-refractivity contribution in [3.8, 4) is 16.7 Å². The monoisotopic (exact) mass is 678 g/mol.